The Morgan fingerprint density at radius 2 is 1.90 bits per heavy atom. The van der Waals surface area contributed by atoms with Crippen molar-refractivity contribution in [1.82, 2.24) is 0 Å². The SMILES string of the molecule is C[NH2+]C1CCc2cc(OC)c(OC)c(OC)c2-c2ccc(NCCO)c(=O)cc21. The molecule has 1 unspecified atom stereocenters. The normalized spacial score (nSPS) is 15.0. The van der Waals surface area contributed by atoms with Gasteiger partial charge in [-0.1, -0.05) is 6.07 Å². The number of fused-ring (bicyclic) bond motifs is 3. The van der Waals surface area contributed by atoms with Gasteiger partial charge in [0.25, 0.3) is 0 Å². The fraction of sp³-hybridized carbons (Fsp3) is 0.409. The Labute approximate surface area is 170 Å². The van der Waals surface area contributed by atoms with E-state index in [0.29, 0.717) is 29.5 Å². The molecule has 0 aromatic heterocycles. The Balaban J connectivity index is 2.35. The highest BCUT2D eigenvalue weighted by atomic mass is 16.5. The standard InChI is InChI=1S/C22H28N2O5/c1-23-16-7-5-13-11-19(27-2)21(28-3)22(29-4)20(13)14-6-8-17(24-9-10-25)18(26)12-15(14)16/h6,8,11-12,16,23,25H,5,7,9-10H2,1-4H3,(H,24,26)/p+1. The third-order valence-electron chi connectivity index (χ3n) is 5.41. The van der Waals surface area contributed by atoms with Crippen LogP contribution in [0.3, 0.4) is 0 Å². The fourth-order valence-electron chi connectivity index (χ4n) is 4.02. The van der Waals surface area contributed by atoms with Crippen LogP contribution in [0.1, 0.15) is 23.6 Å². The Morgan fingerprint density at radius 1 is 1.14 bits per heavy atom. The minimum absolute atomic E-state index is 0.0449. The number of hydrogen-bond acceptors (Lipinski definition) is 6. The van der Waals surface area contributed by atoms with Crippen molar-refractivity contribution in [2.24, 2.45) is 0 Å². The minimum Gasteiger partial charge on any atom is -0.493 e. The Bertz CT molecular complexity index is 945. The van der Waals surface area contributed by atoms with Crippen molar-refractivity contribution in [3.63, 3.8) is 0 Å². The van der Waals surface area contributed by atoms with Crippen molar-refractivity contribution in [3.05, 3.63) is 45.6 Å². The first-order valence-corrected chi connectivity index (χ1v) is 9.74. The number of ether oxygens (including phenoxy) is 3. The quantitative estimate of drug-likeness (QED) is 0.648. The molecule has 4 N–H and O–H groups in total. The maximum Gasteiger partial charge on any atom is 0.203 e. The van der Waals surface area contributed by atoms with Gasteiger partial charge in [0.2, 0.25) is 11.2 Å². The molecule has 3 rings (SSSR count). The van der Waals surface area contributed by atoms with Crippen molar-refractivity contribution in [3.8, 4) is 28.4 Å². The van der Waals surface area contributed by atoms with E-state index in [-0.39, 0.29) is 18.1 Å². The molecule has 0 radical (unpaired) electrons. The summed E-state index contributed by atoms with van der Waals surface area (Å²) < 4.78 is 16.9. The highest BCUT2D eigenvalue weighted by Gasteiger charge is 2.29. The van der Waals surface area contributed by atoms with Crippen molar-refractivity contribution in [1.29, 1.82) is 0 Å². The molecule has 0 heterocycles. The number of rotatable bonds is 7. The molecule has 0 saturated heterocycles. The van der Waals surface area contributed by atoms with Gasteiger partial charge in [-0.05, 0) is 35.7 Å². The molecule has 7 heteroatoms. The zero-order valence-corrected chi connectivity index (χ0v) is 17.4. The van der Waals surface area contributed by atoms with Gasteiger partial charge in [0.05, 0.1) is 40.7 Å². The van der Waals surface area contributed by atoms with E-state index < -0.39 is 0 Å². The molecular formula is C22H29N2O5+. The topological polar surface area (TPSA) is 93.6 Å². The molecule has 0 aliphatic heterocycles. The third-order valence-corrected chi connectivity index (χ3v) is 5.41. The zero-order valence-electron chi connectivity index (χ0n) is 17.4. The first kappa shape index (κ1) is 21.0. The summed E-state index contributed by atoms with van der Waals surface area (Å²) in [5.41, 5.74) is 4.27. The number of quaternary nitrogens is 1. The summed E-state index contributed by atoms with van der Waals surface area (Å²) >= 11 is 0. The second kappa shape index (κ2) is 9.15. The molecule has 1 atom stereocenters. The van der Waals surface area contributed by atoms with Crippen molar-refractivity contribution < 1.29 is 24.6 Å². The second-order valence-corrected chi connectivity index (χ2v) is 6.93. The van der Waals surface area contributed by atoms with E-state index in [1.165, 1.54) is 0 Å². The number of aliphatic hydroxyl groups is 1. The van der Waals surface area contributed by atoms with Gasteiger partial charge < -0.3 is 30.0 Å². The monoisotopic (exact) mass is 401 g/mol. The maximum absolute atomic E-state index is 12.8. The number of hydrogen-bond donors (Lipinski definition) is 3. The number of methoxy groups -OCH3 is 3. The average molecular weight is 401 g/mol. The Kier molecular flexibility index (Phi) is 6.61. The van der Waals surface area contributed by atoms with Crippen LogP contribution in [-0.2, 0) is 6.42 Å². The van der Waals surface area contributed by atoms with E-state index >= 15 is 0 Å². The second-order valence-electron chi connectivity index (χ2n) is 6.93. The smallest absolute Gasteiger partial charge is 0.203 e. The molecule has 29 heavy (non-hydrogen) atoms. The van der Waals surface area contributed by atoms with Crippen molar-refractivity contribution >= 4 is 5.69 Å². The van der Waals surface area contributed by atoms with Gasteiger partial charge in [-0.3, -0.25) is 4.79 Å². The van der Waals surface area contributed by atoms with Crippen LogP contribution in [0.5, 0.6) is 17.2 Å². The number of anilines is 1. The number of aryl methyl sites for hydroxylation is 1. The summed E-state index contributed by atoms with van der Waals surface area (Å²) in [6.07, 6.45) is 1.70. The maximum atomic E-state index is 12.8. The molecule has 0 saturated carbocycles. The molecule has 7 nitrogen and oxygen atoms in total. The van der Waals surface area contributed by atoms with Crippen LogP contribution >= 0.6 is 0 Å². The van der Waals surface area contributed by atoms with Crippen molar-refractivity contribution in [2.75, 3.05) is 46.8 Å². The highest BCUT2D eigenvalue weighted by molar-refractivity contribution is 5.82. The van der Waals surface area contributed by atoms with Gasteiger partial charge in [0.1, 0.15) is 6.04 Å². The lowest BCUT2D eigenvalue weighted by molar-refractivity contribution is -0.670. The summed E-state index contributed by atoms with van der Waals surface area (Å²) in [6.45, 7) is 0.273. The van der Waals surface area contributed by atoms with Gasteiger partial charge in [0, 0.05) is 24.1 Å². The van der Waals surface area contributed by atoms with Crippen LogP contribution < -0.4 is 30.3 Å². The first-order chi connectivity index (χ1) is 14.1. The lowest BCUT2D eigenvalue weighted by Gasteiger charge is -2.19. The van der Waals surface area contributed by atoms with E-state index in [1.54, 1.807) is 33.5 Å². The van der Waals surface area contributed by atoms with E-state index in [9.17, 15) is 4.79 Å². The number of aliphatic hydroxyl groups excluding tert-OH is 1. The van der Waals surface area contributed by atoms with Crippen LogP contribution in [-0.4, -0.2) is 46.6 Å². The molecule has 2 aromatic carbocycles. The predicted octanol–water partition coefficient (Wildman–Crippen LogP) is 1.32. The Hall–Kier alpha value is -2.77. The summed E-state index contributed by atoms with van der Waals surface area (Å²) in [5, 5.41) is 14.2. The lowest BCUT2D eigenvalue weighted by atomic mass is 9.95. The number of benzene rings is 1. The summed E-state index contributed by atoms with van der Waals surface area (Å²) in [4.78, 5) is 12.8. The number of nitrogens with one attached hydrogen (secondary N) is 1. The number of nitrogens with two attached hydrogens (primary N) is 1. The molecule has 2 aromatic rings. The van der Waals surface area contributed by atoms with Gasteiger partial charge in [-0.15, -0.1) is 0 Å². The molecule has 0 amide bonds. The van der Waals surface area contributed by atoms with Gasteiger partial charge in [-0.25, -0.2) is 0 Å². The summed E-state index contributed by atoms with van der Waals surface area (Å²) in [6, 6.07) is 7.55. The van der Waals surface area contributed by atoms with Gasteiger partial charge in [-0.2, -0.15) is 0 Å². The molecule has 1 aliphatic rings. The predicted molar refractivity (Wildman–Crippen MR) is 112 cm³/mol. The van der Waals surface area contributed by atoms with Crippen LogP contribution in [0.4, 0.5) is 5.69 Å². The third kappa shape index (κ3) is 3.88. The van der Waals surface area contributed by atoms with E-state index in [4.69, 9.17) is 19.3 Å². The highest BCUT2D eigenvalue weighted by Crippen LogP contribution is 2.49. The Morgan fingerprint density at radius 3 is 2.52 bits per heavy atom. The van der Waals surface area contributed by atoms with E-state index in [1.807, 2.05) is 19.2 Å². The van der Waals surface area contributed by atoms with Crippen LogP contribution in [0.2, 0.25) is 0 Å². The van der Waals surface area contributed by atoms with Crippen LogP contribution in [0.25, 0.3) is 11.1 Å². The first-order valence-electron chi connectivity index (χ1n) is 9.74. The minimum atomic E-state index is -0.102. The lowest BCUT2D eigenvalue weighted by Crippen LogP contribution is -2.81. The van der Waals surface area contributed by atoms with Crippen LogP contribution in [0.15, 0.2) is 29.1 Å². The zero-order chi connectivity index (χ0) is 21.0. The van der Waals surface area contributed by atoms with E-state index in [2.05, 4.69) is 10.6 Å². The van der Waals surface area contributed by atoms with Gasteiger partial charge in [0.15, 0.2) is 11.5 Å². The summed E-state index contributed by atoms with van der Waals surface area (Å²) in [5.74, 6) is 1.76. The van der Waals surface area contributed by atoms with Gasteiger partial charge >= 0.3 is 0 Å². The van der Waals surface area contributed by atoms with Crippen LogP contribution in [0, 0.1) is 0 Å². The molecule has 0 fully saturated rings. The molecule has 156 valence electrons. The largest absolute Gasteiger partial charge is 0.493 e. The molecule has 0 bridgehead atoms. The average Bonchev–Trinajstić information content (AvgIpc) is 2.98. The van der Waals surface area contributed by atoms with E-state index in [0.717, 1.165) is 35.1 Å². The molecule has 0 spiro atoms. The molecule has 1 aliphatic carbocycles. The summed E-state index contributed by atoms with van der Waals surface area (Å²) in [7, 11) is 6.83. The fourth-order valence-corrected chi connectivity index (χ4v) is 4.02. The van der Waals surface area contributed by atoms with Crippen molar-refractivity contribution in [2.45, 2.75) is 18.9 Å². The molecular weight excluding hydrogens is 372 g/mol.